The van der Waals surface area contributed by atoms with Crippen molar-refractivity contribution in [2.45, 2.75) is 206 Å². The summed E-state index contributed by atoms with van der Waals surface area (Å²) < 4.78 is 12.6. The molecule has 0 fully saturated rings. The second kappa shape index (κ2) is 36.4. The number of benzene rings is 1. The number of carbonyl (C=O) groups is 1. The van der Waals surface area contributed by atoms with E-state index < -0.39 is 0 Å². The first kappa shape index (κ1) is 45.6. The highest BCUT2D eigenvalue weighted by Crippen LogP contribution is 2.21. The molecular formula is C44H81NO4. The first-order valence-electron chi connectivity index (χ1n) is 21.3. The molecule has 1 rings (SSSR count). The maximum absolute atomic E-state index is 13.1. The largest absolute Gasteiger partial charge is 0.395 e. The number of hydrogen-bond donors (Lipinski definition) is 2. The number of carbonyl (C=O) groups excluding carboxylic acids is 1. The van der Waals surface area contributed by atoms with E-state index in [0.29, 0.717) is 26.2 Å². The average Bonchev–Trinajstić information content (AvgIpc) is 3.12. The van der Waals surface area contributed by atoms with Crippen LogP contribution in [0.4, 0.5) is 0 Å². The smallest absolute Gasteiger partial charge is 0.223 e. The van der Waals surface area contributed by atoms with Crippen molar-refractivity contribution in [3.63, 3.8) is 0 Å². The molecule has 2 atom stereocenters. The predicted molar refractivity (Wildman–Crippen MR) is 210 cm³/mol. The lowest BCUT2D eigenvalue weighted by molar-refractivity contribution is -0.127. The highest BCUT2D eigenvalue weighted by atomic mass is 16.5. The van der Waals surface area contributed by atoms with Gasteiger partial charge >= 0.3 is 0 Å². The van der Waals surface area contributed by atoms with Crippen LogP contribution < -0.4 is 5.32 Å². The minimum atomic E-state index is -0.131. The molecule has 0 saturated carbocycles. The Hall–Kier alpha value is -1.43. The summed E-state index contributed by atoms with van der Waals surface area (Å²) in [6.07, 6.45) is 36.0. The second-order valence-corrected chi connectivity index (χ2v) is 14.7. The van der Waals surface area contributed by atoms with Gasteiger partial charge < -0.3 is 19.9 Å². The number of aliphatic hydroxyl groups is 1. The zero-order valence-corrected chi connectivity index (χ0v) is 32.5. The van der Waals surface area contributed by atoms with Gasteiger partial charge in [0, 0.05) is 19.1 Å². The van der Waals surface area contributed by atoms with Crippen LogP contribution in [0.5, 0.6) is 0 Å². The fraction of sp³-hybridized carbons (Fsp3) is 0.841. The van der Waals surface area contributed by atoms with Gasteiger partial charge in [-0.05, 0) is 24.8 Å². The molecule has 49 heavy (non-hydrogen) atoms. The topological polar surface area (TPSA) is 67.8 Å². The van der Waals surface area contributed by atoms with Crippen molar-refractivity contribution in [2.75, 3.05) is 26.4 Å². The van der Waals surface area contributed by atoms with Gasteiger partial charge in [-0.2, -0.15) is 0 Å². The minimum Gasteiger partial charge on any atom is -0.395 e. The molecule has 2 unspecified atom stereocenters. The van der Waals surface area contributed by atoms with Crippen LogP contribution in [-0.4, -0.2) is 43.5 Å². The van der Waals surface area contributed by atoms with Gasteiger partial charge in [0.1, 0.15) is 0 Å². The van der Waals surface area contributed by atoms with Crippen molar-refractivity contribution in [3.05, 3.63) is 35.9 Å². The van der Waals surface area contributed by atoms with Crippen LogP contribution in [0.2, 0.25) is 0 Å². The minimum absolute atomic E-state index is 0.0344. The zero-order chi connectivity index (χ0) is 35.3. The van der Waals surface area contributed by atoms with Crippen molar-refractivity contribution in [1.29, 1.82) is 0 Å². The number of rotatable bonds is 38. The van der Waals surface area contributed by atoms with Crippen LogP contribution >= 0.6 is 0 Å². The van der Waals surface area contributed by atoms with E-state index in [1.807, 2.05) is 18.2 Å². The summed E-state index contributed by atoms with van der Waals surface area (Å²) in [6.45, 7) is 6.63. The quantitative estimate of drug-likeness (QED) is 0.0679. The Bertz CT molecular complexity index is 803. The van der Waals surface area contributed by atoms with Gasteiger partial charge in [0.2, 0.25) is 5.91 Å². The Morgan fingerprint density at radius 2 is 1.08 bits per heavy atom. The SMILES string of the molecule is CCCCCCCCCCCCCCCCOCC(CC(CCCCCCCCCCCCCC)C(=O)NCCO)OCc1ccccc1. The molecule has 2 N–H and O–H groups in total. The van der Waals surface area contributed by atoms with E-state index in [2.05, 4.69) is 31.3 Å². The molecule has 0 aliphatic heterocycles. The molecule has 0 bridgehead atoms. The van der Waals surface area contributed by atoms with E-state index in [1.165, 1.54) is 154 Å². The molecule has 5 heteroatoms. The summed E-state index contributed by atoms with van der Waals surface area (Å²) in [5.74, 6) is -0.0856. The Labute approximate surface area is 304 Å². The summed E-state index contributed by atoms with van der Waals surface area (Å²) in [5.41, 5.74) is 1.14. The van der Waals surface area contributed by atoms with Crippen LogP contribution in [0.1, 0.15) is 199 Å². The molecule has 0 radical (unpaired) electrons. The first-order valence-corrected chi connectivity index (χ1v) is 21.3. The predicted octanol–water partition coefficient (Wildman–Crippen LogP) is 12.3. The van der Waals surface area contributed by atoms with E-state index in [9.17, 15) is 9.90 Å². The number of nitrogens with one attached hydrogen (secondary N) is 1. The number of amides is 1. The third-order valence-corrected chi connectivity index (χ3v) is 10.0. The summed E-state index contributed by atoms with van der Waals surface area (Å²) in [7, 11) is 0. The highest BCUT2D eigenvalue weighted by Gasteiger charge is 2.23. The highest BCUT2D eigenvalue weighted by molar-refractivity contribution is 5.78. The fourth-order valence-electron chi connectivity index (χ4n) is 6.81. The normalized spacial score (nSPS) is 12.7. The van der Waals surface area contributed by atoms with Gasteiger partial charge in [0.15, 0.2) is 0 Å². The zero-order valence-electron chi connectivity index (χ0n) is 32.5. The second-order valence-electron chi connectivity index (χ2n) is 14.7. The van der Waals surface area contributed by atoms with Crippen molar-refractivity contribution in [1.82, 2.24) is 5.32 Å². The standard InChI is InChI=1S/C44H81NO4/c1-3-5-7-9-11-13-15-17-18-20-22-24-26-31-37-48-40-43(49-39-41-32-28-27-29-33-41)38-42(44(47)45-35-36-46)34-30-25-23-21-19-16-14-12-10-8-6-4-2/h27-29,32-33,42-43,46H,3-26,30-31,34-40H2,1-2H3,(H,45,47). The number of aliphatic hydroxyl groups excluding tert-OH is 1. The molecular weight excluding hydrogens is 606 g/mol. The van der Waals surface area contributed by atoms with Crippen molar-refractivity contribution in [3.8, 4) is 0 Å². The van der Waals surface area contributed by atoms with Gasteiger partial charge in [0.05, 0.1) is 25.9 Å². The summed E-state index contributed by atoms with van der Waals surface area (Å²) in [5, 5.41) is 12.3. The molecule has 5 nitrogen and oxygen atoms in total. The molecule has 286 valence electrons. The summed E-state index contributed by atoms with van der Waals surface area (Å²) in [6, 6.07) is 10.3. The van der Waals surface area contributed by atoms with Crippen LogP contribution in [0.3, 0.4) is 0 Å². The monoisotopic (exact) mass is 688 g/mol. The molecule has 0 aromatic heterocycles. The van der Waals surface area contributed by atoms with Crippen LogP contribution in [0, 0.1) is 5.92 Å². The van der Waals surface area contributed by atoms with Gasteiger partial charge in [0.25, 0.3) is 0 Å². The molecule has 1 aromatic carbocycles. The van der Waals surface area contributed by atoms with Crippen LogP contribution in [0.25, 0.3) is 0 Å². The third-order valence-electron chi connectivity index (χ3n) is 10.0. The van der Waals surface area contributed by atoms with Crippen molar-refractivity contribution in [2.24, 2.45) is 5.92 Å². The van der Waals surface area contributed by atoms with E-state index >= 15 is 0 Å². The lowest BCUT2D eigenvalue weighted by atomic mass is 9.93. The Balaban J connectivity index is 2.37. The third kappa shape index (κ3) is 30.0. The Morgan fingerprint density at radius 3 is 1.55 bits per heavy atom. The van der Waals surface area contributed by atoms with E-state index in [-0.39, 0.29) is 24.5 Å². The summed E-state index contributed by atoms with van der Waals surface area (Å²) >= 11 is 0. The molecule has 0 spiro atoms. The molecule has 0 aliphatic rings. The van der Waals surface area contributed by atoms with Gasteiger partial charge in [-0.1, -0.05) is 205 Å². The lowest BCUT2D eigenvalue weighted by Crippen LogP contribution is -2.36. The van der Waals surface area contributed by atoms with Gasteiger partial charge in [-0.3, -0.25) is 4.79 Å². The Kier molecular flexibility index (Phi) is 33.8. The van der Waals surface area contributed by atoms with E-state index in [4.69, 9.17) is 9.47 Å². The molecule has 1 amide bonds. The van der Waals surface area contributed by atoms with Crippen molar-refractivity contribution < 1.29 is 19.4 Å². The molecule has 0 saturated heterocycles. The fourth-order valence-corrected chi connectivity index (χ4v) is 6.81. The lowest BCUT2D eigenvalue weighted by Gasteiger charge is -2.24. The average molecular weight is 688 g/mol. The van der Waals surface area contributed by atoms with Crippen molar-refractivity contribution >= 4 is 5.91 Å². The number of hydrogen-bond acceptors (Lipinski definition) is 4. The molecule has 1 aromatic rings. The van der Waals surface area contributed by atoms with Crippen LogP contribution in [-0.2, 0) is 20.9 Å². The number of ether oxygens (including phenoxy) is 2. The van der Waals surface area contributed by atoms with E-state index in [1.54, 1.807) is 0 Å². The summed E-state index contributed by atoms with van der Waals surface area (Å²) in [4.78, 5) is 13.1. The number of unbranched alkanes of at least 4 members (excludes halogenated alkanes) is 24. The molecule has 0 aliphatic carbocycles. The van der Waals surface area contributed by atoms with Gasteiger partial charge in [-0.15, -0.1) is 0 Å². The maximum Gasteiger partial charge on any atom is 0.223 e. The molecule has 0 heterocycles. The van der Waals surface area contributed by atoms with E-state index in [0.717, 1.165) is 31.4 Å². The Morgan fingerprint density at radius 1 is 0.633 bits per heavy atom. The first-order chi connectivity index (χ1) is 24.2. The van der Waals surface area contributed by atoms with Crippen LogP contribution in [0.15, 0.2) is 30.3 Å². The van der Waals surface area contributed by atoms with Gasteiger partial charge in [-0.25, -0.2) is 0 Å². The maximum atomic E-state index is 13.1.